The Bertz CT molecular complexity index is 963. The summed E-state index contributed by atoms with van der Waals surface area (Å²) in [7, 11) is 0. The van der Waals surface area contributed by atoms with Gasteiger partial charge in [0.2, 0.25) is 0 Å². The largest absolute Gasteiger partial charge is 0.492 e. The molecule has 1 aliphatic heterocycles. The average molecular weight is 473 g/mol. The zero-order valence-corrected chi connectivity index (χ0v) is 18.5. The van der Waals surface area contributed by atoms with Gasteiger partial charge in [-0.3, -0.25) is 4.79 Å². The van der Waals surface area contributed by atoms with Crippen LogP contribution in [0.1, 0.15) is 29.8 Å². The number of morpholine rings is 1. The van der Waals surface area contributed by atoms with Crippen molar-refractivity contribution in [1.29, 1.82) is 0 Å². The molecule has 0 aliphatic carbocycles. The highest BCUT2D eigenvalue weighted by Gasteiger charge is 2.34. The predicted octanol–water partition coefficient (Wildman–Crippen LogP) is 5.25. The first kappa shape index (κ1) is 24.0. The van der Waals surface area contributed by atoms with Crippen molar-refractivity contribution in [2.24, 2.45) is 0 Å². The molecular weight excluding hydrogens is 449 g/mol. The van der Waals surface area contributed by atoms with Crippen LogP contribution in [-0.2, 0) is 10.9 Å². The summed E-state index contributed by atoms with van der Waals surface area (Å²) < 4.78 is 56.4. The van der Waals surface area contributed by atoms with Gasteiger partial charge >= 0.3 is 6.18 Å². The predicted molar refractivity (Wildman–Crippen MR) is 116 cm³/mol. The molecule has 10 heteroatoms. The highest BCUT2D eigenvalue weighted by Crippen LogP contribution is 2.40. The van der Waals surface area contributed by atoms with E-state index in [-0.39, 0.29) is 11.3 Å². The van der Waals surface area contributed by atoms with E-state index in [4.69, 9.17) is 25.8 Å². The molecule has 0 atom stereocenters. The molecular formula is C22H24ClF3N2O4. The summed E-state index contributed by atoms with van der Waals surface area (Å²) >= 11 is 5.91. The minimum absolute atomic E-state index is 0.269. The molecule has 0 radical (unpaired) electrons. The number of hydrogen-bond donors (Lipinski definition) is 1. The highest BCUT2D eigenvalue weighted by atomic mass is 35.5. The van der Waals surface area contributed by atoms with Gasteiger partial charge in [0.05, 0.1) is 54.0 Å². The van der Waals surface area contributed by atoms with E-state index in [1.54, 1.807) is 19.1 Å². The van der Waals surface area contributed by atoms with Crippen molar-refractivity contribution in [2.45, 2.75) is 20.0 Å². The van der Waals surface area contributed by atoms with Gasteiger partial charge in [-0.1, -0.05) is 17.7 Å². The Morgan fingerprint density at radius 3 is 2.41 bits per heavy atom. The van der Waals surface area contributed by atoms with Gasteiger partial charge in [-0.25, -0.2) is 0 Å². The number of benzene rings is 2. The first-order chi connectivity index (χ1) is 15.3. The van der Waals surface area contributed by atoms with Crippen LogP contribution in [0.3, 0.4) is 0 Å². The van der Waals surface area contributed by atoms with Gasteiger partial charge in [-0.2, -0.15) is 13.2 Å². The quantitative estimate of drug-likeness (QED) is 0.596. The lowest BCUT2D eigenvalue weighted by molar-refractivity contribution is -0.137. The maximum absolute atomic E-state index is 13.2. The van der Waals surface area contributed by atoms with Crippen LogP contribution in [0.15, 0.2) is 30.3 Å². The Labute approximate surface area is 189 Å². The van der Waals surface area contributed by atoms with Crippen molar-refractivity contribution in [2.75, 3.05) is 49.7 Å². The number of nitrogens with one attached hydrogen (secondary N) is 1. The van der Waals surface area contributed by atoms with Gasteiger partial charge in [0.1, 0.15) is 11.5 Å². The van der Waals surface area contributed by atoms with E-state index in [0.717, 1.165) is 17.8 Å². The average Bonchev–Trinajstić information content (AvgIpc) is 2.75. The van der Waals surface area contributed by atoms with Crippen molar-refractivity contribution < 1.29 is 32.2 Å². The Morgan fingerprint density at radius 1 is 1.12 bits per heavy atom. The molecule has 174 valence electrons. The molecule has 6 nitrogen and oxygen atoms in total. The van der Waals surface area contributed by atoms with Crippen LogP contribution in [0, 0.1) is 0 Å². The van der Waals surface area contributed by atoms with Crippen molar-refractivity contribution in [3.8, 4) is 11.5 Å². The lowest BCUT2D eigenvalue weighted by Gasteiger charge is -2.31. The third-order valence-corrected chi connectivity index (χ3v) is 5.22. The van der Waals surface area contributed by atoms with Crippen molar-refractivity contribution in [3.63, 3.8) is 0 Å². The molecule has 1 fully saturated rings. The number of amides is 1. The molecule has 1 heterocycles. The second kappa shape index (κ2) is 10.3. The number of anilines is 2. The number of alkyl halides is 3. The van der Waals surface area contributed by atoms with E-state index < -0.39 is 22.7 Å². The highest BCUT2D eigenvalue weighted by molar-refractivity contribution is 6.35. The molecule has 0 spiro atoms. The molecule has 0 unspecified atom stereocenters. The number of hydrogen-bond acceptors (Lipinski definition) is 5. The van der Waals surface area contributed by atoms with Crippen molar-refractivity contribution >= 4 is 28.9 Å². The summed E-state index contributed by atoms with van der Waals surface area (Å²) in [5, 5.41) is 1.96. The van der Waals surface area contributed by atoms with Crippen LogP contribution in [0.2, 0.25) is 5.02 Å². The zero-order chi connectivity index (χ0) is 23.3. The number of nitrogens with zero attached hydrogens (tertiary/aromatic N) is 1. The van der Waals surface area contributed by atoms with Crippen LogP contribution >= 0.6 is 11.6 Å². The smallest absolute Gasteiger partial charge is 0.417 e. The summed E-state index contributed by atoms with van der Waals surface area (Å²) in [5.41, 5.74) is -0.312. The SMILES string of the molecule is CCOc1cc(N2CCOCC2)c(OCC)cc1NC(=O)c1cccc(C(F)(F)F)c1Cl. The van der Waals surface area contributed by atoms with Crippen molar-refractivity contribution in [1.82, 2.24) is 0 Å². The van der Waals surface area contributed by atoms with Crippen molar-refractivity contribution in [3.05, 3.63) is 46.5 Å². The first-order valence-electron chi connectivity index (χ1n) is 10.2. The fraction of sp³-hybridized carbons (Fsp3) is 0.409. The minimum Gasteiger partial charge on any atom is -0.492 e. The first-order valence-corrected chi connectivity index (χ1v) is 10.6. The van der Waals surface area contributed by atoms with E-state index in [9.17, 15) is 18.0 Å². The third kappa shape index (κ3) is 5.39. The Morgan fingerprint density at radius 2 is 1.78 bits per heavy atom. The Kier molecular flexibility index (Phi) is 7.73. The maximum atomic E-state index is 13.2. The fourth-order valence-corrected chi connectivity index (χ4v) is 3.68. The second-order valence-corrected chi connectivity index (χ2v) is 7.28. The standard InChI is InChI=1S/C22H24ClF3N2O4/c1-3-31-18-13-17(28-8-10-30-11-9-28)19(32-4-2)12-16(18)27-21(29)14-6-5-7-15(20(14)23)22(24,25)26/h5-7,12-13H,3-4,8-11H2,1-2H3,(H,27,29). The van der Waals surface area contributed by atoms with Crippen LogP contribution in [0.4, 0.5) is 24.5 Å². The second-order valence-electron chi connectivity index (χ2n) is 6.90. The summed E-state index contributed by atoms with van der Waals surface area (Å²) in [6.45, 7) is 6.81. The summed E-state index contributed by atoms with van der Waals surface area (Å²) in [5.74, 6) is 0.0980. The minimum atomic E-state index is -4.67. The number of rotatable bonds is 7. The number of ether oxygens (including phenoxy) is 3. The summed E-state index contributed by atoms with van der Waals surface area (Å²) in [6, 6.07) is 6.57. The van der Waals surface area contributed by atoms with E-state index >= 15 is 0 Å². The molecule has 0 aromatic heterocycles. The van der Waals surface area contributed by atoms with Gasteiger partial charge in [0.15, 0.2) is 0 Å². The molecule has 1 N–H and O–H groups in total. The van der Waals surface area contributed by atoms with Gasteiger partial charge < -0.3 is 24.4 Å². The molecule has 2 aromatic rings. The molecule has 0 bridgehead atoms. The lowest BCUT2D eigenvalue weighted by Crippen LogP contribution is -2.36. The Balaban J connectivity index is 1.98. The van der Waals surface area contributed by atoms with E-state index in [0.29, 0.717) is 51.0 Å². The number of halogens is 4. The normalized spacial score (nSPS) is 14.2. The molecule has 1 aliphatic rings. The maximum Gasteiger partial charge on any atom is 0.417 e. The molecule has 0 saturated carbocycles. The zero-order valence-electron chi connectivity index (χ0n) is 17.7. The summed E-state index contributed by atoms with van der Waals surface area (Å²) in [6.07, 6.45) is -4.67. The van der Waals surface area contributed by atoms with E-state index in [1.165, 1.54) is 6.07 Å². The third-order valence-electron chi connectivity index (χ3n) is 4.81. The van der Waals surface area contributed by atoms with Gasteiger partial charge in [0, 0.05) is 25.2 Å². The monoisotopic (exact) mass is 472 g/mol. The fourth-order valence-electron chi connectivity index (χ4n) is 3.36. The van der Waals surface area contributed by atoms with Gasteiger partial charge in [-0.15, -0.1) is 0 Å². The van der Waals surface area contributed by atoms with E-state index in [2.05, 4.69) is 10.2 Å². The molecule has 2 aromatic carbocycles. The Hall–Kier alpha value is -2.65. The van der Waals surface area contributed by atoms with Crippen LogP contribution in [-0.4, -0.2) is 45.4 Å². The van der Waals surface area contributed by atoms with Crippen LogP contribution < -0.4 is 19.7 Å². The topological polar surface area (TPSA) is 60.0 Å². The number of carbonyl (C=O) groups excluding carboxylic acids is 1. The number of carbonyl (C=O) groups is 1. The van der Waals surface area contributed by atoms with Gasteiger partial charge in [0.25, 0.3) is 5.91 Å². The molecule has 1 amide bonds. The molecule has 1 saturated heterocycles. The summed E-state index contributed by atoms with van der Waals surface area (Å²) in [4.78, 5) is 14.9. The van der Waals surface area contributed by atoms with Crippen LogP contribution in [0.5, 0.6) is 11.5 Å². The molecule has 3 rings (SSSR count). The molecule has 32 heavy (non-hydrogen) atoms. The van der Waals surface area contributed by atoms with Gasteiger partial charge in [-0.05, 0) is 26.0 Å². The van der Waals surface area contributed by atoms with Crippen LogP contribution in [0.25, 0.3) is 0 Å². The van der Waals surface area contributed by atoms with E-state index in [1.807, 2.05) is 6.92 Å². The lowest BCUT2D eigenvalue weighted by atomic mass is 10.1.